The number of likely N-dealkylation sites (tertiary alicyclic amines) is 1. The summed E-state index contributed by atoms with van der Waals surface area (Å²) in [7, 11) is 0. The van der Waals surface area contributed by atoms with Crippen molar-refractivity contribution in [2.24, 2.45) is 0 Å². The Bertz CT molecular complexity index is 367. The first-order valence-electron chi connectivity index (χ1n) is 7.30. The Hall–Kier alpha value is -0.870. The largest absolute Gasteiger partial charge is 0.361 e. The molecule has 0 bridgehead atoms. The van der Waals surface area contributed by atoms with Crippen molar-refractivity contribution < 1.29 is 4.52 Å². The molecule has 1 saturated carbocycles. The third-order valence-electron chi connectivity index (χ3n) is 3.89. The molecular formula is C14H23N3O. The molecule has 2 heterocycles. The van der Waals surface area contributed by atoms with Crippen LogP contribution < -0.4 is 5.32 Å². The summed E-state index contributed by atoms with van der Waals surface area (Å²) < 4.78 is 5.33. The van der Waals surface area contributed by atoms with Gasteiger partial charge in [-0.1, -0.05) is 5.16 Å². The van der Waals surface area contributed by atoms with E-state index < -0.39 is 0 Å². The predicted molar refractivity (Wildman–Crippen MR) is 70.5 cm³/mol. The highest BCUT2D eigenvalue weighted by Gasteiger charge is 2.27. The summed E-state index contributed by atoms with van der Waals surface area (Å²) in [4.78, 5) is 2.56. The number of rotatable bonds is 7. The third kappa shape index (κ3) is 3.33. The van der Waals surface area contributed by atoms with E-state index in [0.717, 1.165) is 24.5 Å². The van der Waals surface area contributed by atoms with Gasteiger partial charge in [0.15, 0.2) is 0 Å². The maximum absolute atomic E-state index is 5.33. The van der Waals surface area contributed by atoms with Crippen molar-refractivity contribution in [2.45, 2.75) is 44.6 Å². The van der Waals surface area contributed by atoms with Gasteiger partial charge in [0.25, 0.3) is 0 Å². The number of aromatic nitrogens is 1. The van der Waals surface area contributed by atoms with Gasteiger partial charge in [-0.15, -0.1) is 0 Å². The van der Waals surface area contributed by atoms with Gasteiger partial charge < -0.3 is 14.7 Å². The smallest absolute Gasteiger partial charge is 0.140 e. The number of nitrogens with zero attached hydrogens (tertiary/aromatic N) is 2. The fourth-order valence-electron chi connectivity index (χ4n) is 2.62. The van der Waals surface area contributed by atoms with Crippen LogP contribution in [0, 0.1) is 0 Å². The zero-order chi connectivity index (χ0) is 12.2. The molecule has 1 saturated heterocycles. The van der Waals surface area contributed by atoms with Crippen LogP contribution in [0.4, 0.5) is 0 Å². The highest BCUT2D eigenvalue weighted by Crippen LogP contribution is 2.40. The number of hydrogen-bond donors (Lipinski definition) is 1. The zero-order valence-corrected chi connectivity index (χ0v) is 11.0. The van der Waals surface area contributed by atoms with Crippen LogP contribution in [0.25, 0.3) is 0 Å². The van der Waals surface area contributed by atoms with Crippen LogP contribution in [0.2, 0.25) is 0 Å². The van der Waals surface area contributed by atoms with Crippen molar-refractivity contribution >= 4 is 0 Å². The summed E-state index contributed by atoms with van der Waals surface area (Å²) in [6, 6.07) is 2.12. The summed E-state index contributed by atoms with van der Waals surface area (Å²) in [5.41, 5.74) is 1.05. The van der Waals surface area contributed by atoms with Crippen LogP contribution in [0.15, 0.2) is 10.6 Å². The first kappa shape index (κ1) is 12.2. The molecule has 4 heteroatoms. The van der Waals surface area contributed by atoms with Gasteiger partial charge in [-0.3, -0.25) is 0 Å². The van der Waals surface area contributed by atoms with Gasteiger partial charge in [-0.25, -0.2) is 0 Å². The van der Waals surface area contributed by atoms with E-state index >= 15 is 0 Å². The Labute approximate surface area is 109 Å². The normalized spacial score (nSPS) is 20.7. The molecule has 0 aromatic carbocycles. The second kappa shape index (κ2) is 5.85. The summed E-state index contributed by atoms with van der Waals surface area (Å²) in [6.45, 7) is 5.75. The molecule has 0 unspecified atom stereocenters. The van der Waals surface area contributed by atoms with Gasteiger partial charge >= 0.3 is 0 Å². The second-order valence-corrected chi connectivity index (χ2v) is 5.57. The van der Waals surface area contributed by atoms with E-state index in [2.05, 4.69) is 21.4 Å². The van der Waals surface area contributed by atoms with Crippen molar-refractivity contribution in [3.05, 3.63) is 17.5 Å². The van der Waals surface area contributed by atoms with Gasteiger partial charge in [0.2, 0.25) is 0 Å². The number of nitrogens with one attached hydrogen (secondary N) is 1. The number of hydrogen-bond acceptors (Lipinski definition) is 4. The molecule has 1 aliphatic heterocycles. The second-order valence-electron chi connectivity index (χ2n) is 5.57. The Kier molecular flexibility index (Phi) is 3.96. The van der Waals surface area contributed by atoms with E-state index in [-0.39, 0.29) is 0 Å². The molecular weight excluding hydrogens is 226 g/mol. The minimum Gasteiger partial charge on any atom is -0.361 e. The summed E-state index contributed by atoms with van der Waals surface area (Å²) in [5.74, 6) is 1.75. The first-order valence-corrected chi connectivity index (χ1v) is 7.30. The van der Waals surface area contributed by atoms with Gasteiger partial charge in [-0.05, 0) is 58.3 Å². The Balaban J connectivity index is 1.29. The van der Waals surface area contributed by atoms with E-state index in [0.29, 0.717) is 5.92 Å². The molecule has 18 heavy (non-hydrogen) atoms. The summed E-state index contributed by atoms with van der Waals surface area (Å²) in [5, 5.41) is 7.55. The highest BCUT2D eigenvalue weighted by atomic mass is 16.5. The van der Waals surface area contributed by atoms with Crippen molar-refractivity contribution in [3.63, 3.8) is 0 Å². The lowest BCUT2D eigenvalue weighted by Crippen LogP contribution is -2.24. The van der Waals surface area contributed by atoms with E-state index in [1.807, 2.05) is 0 Å². The molecule has 4 nitrogen and oxygen atoms in total. The molecule has 0 spiro atoms. The van der Waals surface area contributed by atoms with E-state index in [9.17, 15) is 0 Å². The fourth-order valence-corrected chi connectivity index (χ4v) is 2.62. The van der Waals surface area contributed by atoms with Crippen molar-refractivity contribution in [3.8, 4) is 0 Å². The lowest BCUT2D eigenvalue weighted by molar-refractivity contribution is 0.330. The maximum atomic E-state index is 5.33. The van der Waals surface area contributed by atoms with Crippen molar-refractivity contribution in [1.82, 2.24) is 15.4 Å². The lowest BCUT2D eigenvalue weighted by atomic mass is 10.3. The predicted octanol–water partition coefficient (Wildman–Crippen LogP) is 2.13. The van der Waals surface area contributed by atoms with Gasteiger partial charge in [0.05, 0.1) is 5.69 Å². The SMILES string of the molecule is c1c(CNCCCN2CCCC2)noc1C1CC1. The molecule has 2 fully saturated rings. The molecule has 2 aliphatic rings. The van der Waals surface area contributed by atoms with Crippen LogP contribution in [0.5, 0.6) is 0 Å². The lowest BCUT2D eigenvalue weighted by Gasteiger charge is -2.13. The first-order chi connectivity index (χ1) is 8.92. The molecule has 0 amide bonds. The van der Waals surface area contributed by atoms with Crippen LogP contribution in [-0.4, -0.2) is 36.2 Å². The van der Waals surface area contributed by atoms with Crippen LogP contribution >= 0.6 is 0 Å². The van der Waals surface area contributed by atoms with E-state index in [1.54, 1.807) is 0 Å². The molecule has 1 aromatic rings. The standard InChI is InChI=1S/C14H23N3O/c1-2-8-17(7-1)9-3-6-15-11-13-10-14(18-16-13)12-4-5-12/h10,12,15H,1-9,11H2. The summed E-state index contributed by atoms with van der Waals surface area (Å²) >= 11 is 0. The topological polar surface area (TPSA) is 41.3 Å². The average molecular weight is 249 g/mol. The molecule has 1 aromatic heterocycles. The molecule has 3 rings (SSSR count). The zero-order valence-electron chi connectivity index (χ0n) is 11.0. The molecule has 0 atom stereocenters. The van der Waals surface area contributed by atoms with Crippen molar-refractivity contribution in [1.29, 1.82) is 0 Å². The molecule has 1 aliphatic carbocycles. The fraction of sp³-hybridized carbons (Fsp3) is 0.786. The monoisotopic (exact) mass is 249 g/mol. The van der Waals surface area contributed by atoms with Crippen LogP contribution in [0.1, 0.15) is 49.5 Å². The molecule has 1 N–H and O–H groups in total. The molecule has 100 valence electrons. The van der Waals surface area contributed by atoms with Crippen molar-refractivity contribution in [2.75, 3.05) is 26.2 Å². The van der Waals surface area contributed by atoms with Gasteiger partial charge in [0, 0.05) is 18.5 Å². The summed E-state index contributed by atoms with van der Waals surface area (Å²) in [6.07, 6.45) is 6.55. The Morgan fingerprint density at radius 1 is 1.33 bits per heavy atom. The Morgan fingerprint density at radius 3 is 2.94 bits per heavy atom. The van der Waals surface area contributed by atoms with Gasteiger partial charge in [-0.2, -0.15) is 0 Å². The third-order valence-corrected chi connectivity index (χ3v) is 3.89. The van der Waals surface area contributed by atoms with E-state index in [1.165, 1.54) is 51.7 Å². The van der Waals surface area contributed by atoms with Crippen LogP contribution in [0.3, 0.4) is 0 Å². The molecule has 0 radical (unpaired) electrons. The van der Waals surface area contributed by atoms with Crippen LogP contribution in [-0.2, 0) is 6.54 Å². The minimum absolute atomic E-state index is 0.668. The highest BCUT2D eigenvalue weighted by molar-refractivity contribution is 5.14. The van der Waals surface area contributed by atoms with Gasteiger partial charge in [0.1, 0.15) is 5.76 Å². The maximum Gasteiger partial charge on any atom is 0.140 e. The van der Waals surface area contributed by atoms with E-state index in [4.69, 9.17) is 4.52 Å². The average Bonchev–Trinajstić information content (AvgIpc) is 2.92. The Morgan fingerprint density at radius 2 is 2.17 bits per heavy atom. The minimum atomic E-state index is 0.668. The quantitative estimate of drug-likeness (QED) is 0.752.